The number of likely N-dealkylation sites (N-methyl/N-ethyl adjacent to an activating group) is 1. The van der Waals surface area contributed by atoms with Crippen molar-refractivity contribution in [3.63, 3.8) is 0 Å². The Morgan fingerprint density at radius 1 is 0.850 bits per heavy atom. The number of carbonyl (C=O) groups excluding carboxylic acids is 4. The summed E-state index contributed by atoms with van der Waals surface area (Å²) in [6, 6.07) is 4.04. The van der Waals surface area contributed by atoms with Gasteiger partial charge in [-0.3, -0.25) is 19.2 Å². The van der Waals surface area contributed by atoms with Crippen LogP contribution in [0.4, 0.5) is 0 Å². The number of phenolic OH excluding ortho intramolecular Hbond substituents is 2. The molecule has 60 heavy (non-hydrogen) atoms. The molecule has 2 aliphatic carbocycles. The summed E-state index contributed by atoms with van der Waals surface area (Å²) >= 11 is 0. The van der Waals surface area contributed by atoms with Crippen LogP contribution in [0.5, 0.6) is 17.2 Å². The van der Waals surface area contributed by atoms with Crippen LogP contribution in [0.25, 0.3) is 0 Å². The summed E-state index contributed by atoms with van der Waals surface area (Å²) in [5.41, 5.74) is -3.53. The smallest absolute Gasteiger partial charge is 0.316 e. The van der Waals surface area contributed by atoms with E-state index in [1.54, 1.807) is 27.7 Å². The Hall–Kier alpha value is -4.04. The minimum atomic E-state index is -1.91. The minimum Gasteiger partial charge on any atom is -0.507 e. The lowest BCUT2D eigenvalue weighted by Gasteiger charge is -2.48. The number of esters is 1. The second-order valence-corrected chi connectivity index (χ2v) is 16.6. The van der Waals surface area contributed by atoms with Crippen molar-refractivity contribution in [2.45, 2.75) is 145 Å². The van der Waals surface area contributed by atoms with Gasteiger partial charge in [-0.15, -0.1) is 0 Å². The number of methoxy groups -OCH3 is 2. The highest BCUT2D eigenvalue weighted by molar-refractivity contribution is 6.31. The first-order valence-electron chi connectivity index (χ1n) is 20.4. The van der Waals surface area contributed by atoms with E-state index in [2.05, 4.69) is 0 Å². The molecule has 5 aliphatic rings. The molecule has 3 saturated heterocycles. The van der Waals surface area contributed by atoms with Crippen LogP contribution in [0, 0.1) is 0 Å². The Bertz CT molecular complexity index is 2010. The lowest BCUT2D eigenvalue weighted by atomic mass is 9.66. The Morgan fingerprint density at radius 2 is 1.48 bits per heavy atom. The summed E-state index contributed by atoms with van der Waals surface area (Å²) in [6.45, 7) is 6.86. The minimum absolute atomic E-state index is 0.0000319. The van der Waals surface area contributed by atoms with E-state index < -0.39 is 113 Å². The van der Waals surface area contributed by atoms with Gasteiger partial charge in [0.2, 0.25) is 5.78 Å². The number of ether oxygens (including phenoxy) is 8. The first-order chi connectivity index (χ1) is 28.4. The molecule has 0 aromatic heterocycles. The number of nitrogens with zero attached hydrogens (tertiary/aromatic N) is 1. The van der Waals surface area contributed by atoms with Gasteiger partial charge in [-0.2, -0.15) is 0 Å². The van der Waals surface area contributed by atoms with Crippen LogP contribution in [0.15, 0.2) is 18.2 Å². The number of aliphatic hydroxyl groups is 2. The lowest BCUT2D eigenvalue weighted by Crippen LogP contribution is -2.58. The van der Waals surface area contributed by atoms with Gasteiger partial charge in [-0.05, 0) is 47.4 Å². The number of rotatable bonds is 10. The monoisotopic (exact) mass is 841 g/mol. The van der Waals surface area contributed by atoms with Crippen molar-refractivity contribution in [2.75, 3.05) is 28.3 Å². The van der Waals surface area contributed by atoms with Gasteiger partial charge in [0.1, 0.15) is 41.5 Å². The van der Waals surface area contributed by atoms with E-state index >= 15 is 0 Å². The van der Waals surface area contributed by atoms with Gasteiger partial charge in [-0.1, -0.05) is 19.1 Å². The molecular formula is C43H55NO16. The average Bonchev–Trinajstić information content (AvgIpc) is 3.20. The molecule has 0 bridgehead atoms. The van der Waals surface area contributed by atoms with Crippen molar-refractivity contribution < 1.29 is 77.5 Å². The van der Waals surface area contributed by atoms with Crippen LogP contribution in [0.1, 0.15) is 121 Å². The van der Waals surface area contributed by atoms with Gasteiger partial charge in [0.05, 0.1) is 60.9 Å². The molecule has 328 valence electrons. The molecule has 7 rings (SSSR count). The maximum absolute atomic E-state index is 14.2. The Balaban J connectivity index is 1.16. The van der Waals surface area contributed by atoms with E-state index in [0.717, 1.165) is 7.11 Å². The number of fused-ring (bicyclic) bond motifs is 3. The zero-order valence-electron chi connectivity index (χ0n) is 35.0. The molecule has 3 fully saturated rings. The van der Waals surface area contributed by atoms with Crippen molar-refractivity contribution in [1.82, 2.24) is 4.90 Å². The summed E-state index contributed by atoms with van der Waals surface area (Å²) < 4.78 is 48.0. The third-order valence-electron chi connectivity index (χ3n) is 12.7. The number of aliphatic hydroxyl groups excluding tert-OH is 1. The predicted octanol–water partition coefficient (Wildman–Crippen LogP) is 3.17. The number of aromatic hydroxyl groups is 2. The number of carbonyl (C=O) groups is 4. The fraction of sp³-hybridized carbons (Fsp3) is 0.628. The maximum atomic E-state index is 14.2. The predicted molar refractivity (Wildman–Crippen MR) is 208 cm³/mol. The lowest BCUT2D eigenvalue weighted by molar-refractivity contribution is -0.324. The Kier molecular flexibility index (Phi) is 12.5. The molecule has 0 spiro atoms. The van der Waals surface area contributed by atoms with E-state index in [-0.39, 0.29) is 65.5 Å². The van der Waals surface area contributed by atoms with Crippen molar-refractivity contribution in [3.8, 4) is 17.2 Å². The standard InChI is InChI=1S/C43H55NO16/c1-9-43(52)17-26(31-32(35(43)42(51)54-8)39(50)33-34(38(31)49)37(48)30-21(36(33)47)11-10-12-25(30)53-7)58-28-15-22(44(5)6)40(19(3)56-28)60-29-16-24(46)41(20(4)57-29)59-27-14-13-23(45)18(2)55-27/h10-12,18-20,22,24,26-29,35,40-41,46,49-50,52H,9,13-17H2,1-8H3. The topological polar surface area (TPSA) is 226 Å². The van der Waals surface area contributed by atoms with Gasteiger partial charge in [0, 0.05) is 54.8 Å². The second kappa shape index (κ2) is 17.0. The first-order valence-corrected chi connectivity index (χ1v) is 20.4. The molecule has 4 N–H and O–H groups in total. The third-order valence-corrected chi connectivity index (χ3v) is 12.7. The highest BCUT2D eigenvalue weighted by atomic mass is 16.7. The van der Waals surface area contributed by atoms with E-state index in [1.807, 2.05) is 19.0 Å². The Morgan fingerprint density at radius 3 is 2.10 bits per heavy atom. The fourth-order valence-electron chi connectivity index (χ4n) is 9.52. The van der Waals surface area contributed by atoms with E-state index in [9.17, 15) is 39.6 Å². The summed E-state index contributed by atoms with van der Waals surface area (Å²) in [7, 11) is 6.16. The van der Waals surface area contributed by atoms with Gasteiger partial charge < -0.3 is 63.2 Å². The van der Waals surface area contributed by atoms with Gasteiger partial charge in [-0.25, -0.2) is 0 Å². The van der Waals surface area contributed by atoms with E-state index in [0.29, 0.717) is 12.8 Å². The van der Waals surface area contributed by atoms with Gasteiger partial charge in [0.25, 0.3) is 0 Å². The van der Waals surface area contributed by atoms with Crippen LogP contribution in [-0.2, 0) is 42.7 Å². The number of ketones is 3. The zero-order chi connectivity index (χ0) is 43.5. The van der Waals surface area contributed by atoms with Crippen LogP contribution < -0.4 is 4.74 Å². The Labute approximate surface area is 347 Å². The van der Waals surface area contributed by atoms with Crippen LogP contribution in [0.3, 0.4) is 0 Å². The number of hydrogen-bond donors (Lipinski definition) is 4. The van der Waals surface area contributed by atoms with Crippen LogP contribution >= 0.6 is 0 Å². The first kappa shape index (κ1) is 44.0. The molecule has 3 heterocycles. The summed E-state index contributed by atoms with van der Waals surface area (Å²) in [5.74, 6) is -5.45. The molecule has 0 amide bonds. The van der Waals surface area contributed by atoms with Crippen molar-refractivity contribution in [2.24, 2.45) is 0 Å². The molecule has 0 saturated carbocycles. The highest BCUT2D eigenvalue weighted by Gasteiger charge is 2.55. The van der Waals surface area contributed by atoms with E-state index in [1.165, 1.54) is 25.3 Å². The van der Waals surface area contributed by atoms with Crippen LogP contribution in [-0.4, -0.2) is 144 Å². The van der Waals surface area contributed by atoms with Gasteiger partial charge >= 0.3 is 5.97 Å². The van der Waals surface area contributed by atoms with Crippen molar-refractivity contribution in [1.29, 1.82) is 0 Å². The molecule has 0 radical (unpaired) electrons. The van der Waals surface area contributed by atoms with Crippen molar-refractivity contribution in [3.05, 3.63) is 51.6 Å². The SMILES string of the molecule is CCC1(O)CC(OC2CC(N(C)C)C(OC3CC(O)C(OC4CCC(=O)C(C)O4)C(C)O3)C(C)O2)c2c(O)c3c(c(O)c2C1C(=O)OC)C(=O)c1cccc(OC)c1C3=O. The second-order valence-electron chi connectivity index (χ2n) is 16.6. The van der Waals surface area contributed by atoms with Crippen molar-refractivity contribution >= 4 is 23.3 Å². The molecule has 13 atom stereocenters. The molecule has 2 aromatic carbocycles. The molecular weight excluding hydrogens is 786 g/mol. The summed E-state index contributed by atoms with van der Waals surface area (Å²) in [6.07, 6.45) is -7.26. The molecule has 2 aromatic rings. The largest absolute Gasteiger partial charge is 0.507 e. The number of hydrogen-bond acceptors (Lipinski definition) is 17. The number of phenols is 2. The molecule has 13 unspecified atom stereocenters. The molecule has 17 heteroatoms. The zero-order valence-corrected chi connectivity index (χ0v) is 35.0. The quantitative estimate of drug-likeness (QED) is 0.170. The third kappa shape index (κ3) is 7.62. The fourth-order valence-corrected chi connectivity index (χ4v) is 9.52. The van der Waals surface area contributed by atoms with Crippen LogP contribution in [0.2, 0.25) is 0 Å². The average molecular weight is 842 g/mol. The number of benzene rings is 2. The van der Waals surface area contributed by atoms with E-state index in [4.69, 9.17) is 37.9 Å². The molecule has 3 aliphatic heterocycles. The summed E-state index contributed by atoms with van der Waals surface area (Å²) in [4.78, 5) is 55.6. The maximum Gasteiger partial charge on any atom is 0.316 e. The normalized spacial score (nSPS) is 35.4. The number of Topliss-reactive ketones (excluding diaryl/α,β-unsaturated/α-hetero) is 1. The highest BCUT2D eigenvalue weighted by Crippen LogP contribution is 2.57. The summed E-state index contributed by atoms with van der Waals surface area (Å²) in [5, 5.41) is 47.5. The molecule has 17 nitrogen and oxygen atoms in total. The van der Waals surface area contributed by atoms with Gasteiger partial charge in [0.15, 0.2) is 30.4 Å².